The first-order valence-corrected chi connectivity index (χ1v) is 11.7. The molecule has 0 N–H and O–H groups in total. The van der Waals surface area contributed by atoms with E-state index in [0.717, 1.165) is 29.3 Å². The van der Waals surface area contributed by atoms with Gasteiger partial charge in [0.15, 0.2) is 11.0 Å². The van der Waals surface area contributed by atoms with E-state index in [1.807, 2.05) is 10.6 Å². The van der Waals surface area contributed by atoms with E-state index in [0.29, 0.717) is 35.0 Å². The fraction of sp³-hybridized carbons (Fsp3) is 0.333. The Bertz CT molecular complexity index is 1190. The SMILES string of the molecule is CCc1sc(-c2nnc(CSc3nnc(-c4ccccc4F)n3C3CC3)o2)cc1C. The number of hydrogen-bond donors (Lipinski definition) is 0. The van der Waals surface area contributed by atoms with Crippen LogP contribution in [-0.4, -0.2) is 25.0 Å². The Hall–Kier alpha value is -2.52. The van der Waals surface area contributed by atoms with Crippen LogP contribution in [0.5, 0.6) is 0 Å². The number of rotatable bonds is 7. The number of thioether (sulfide) groups is 1. The van der Waals surface area contributed by atoms with Gasteiger partial charge in [-0.15, -0.1) is 31.7 Å². The van der Waals surface area contributed by atoms with Crippen LogP contribution in [0.2, 0.25) is 0 Å². The zero-order chi connectivity index (χ0) is 20.7. The summed E-state index contributed by atoms with van der Waals surface area (Å²) >= 11 is 3.18. The first-order chi connectivity index (χ1) is 14.6. The van der Waals surface area contributed by atoms with Gasteiger partial charge in [0.25, 0.3) is 5.89 Å². The topological polar surface area (TPSA) is 69.6 Å². The molecule has 0 aliphatic heterocycles. The molecule has 0 spiro atoms. The lowest BCUT2D eigenvalue weighted by molar-refractivity contribution is 0.529. The number of benzene rings is 1. The van der Waals surface area contributed by atoms with Crippen LogP contribution < -0.4 is 0 Å². The number of aryl methyl sites for hydroxylation is 2. The van der Waals surface area contributed by atoms with Gasteiger partial charge in [-0.2, -0.15) is 0 Å². The Morgan fingerprint density at radius 1 is 1.20 bits per heavy atom. The van der Waals surface area contributed by atoms with Crippen LogP contribution in [0.3, 0.4) is 0 Å². The van der Waals surface area contributed by atoms with E-state index < -0.39 is 0 Å². The van der Waals surface area contributed by atoms with Crippen molar-refractivity contribution >= 4 is 23.1 Å². The minimum Gasteiger partial charge on any atom is -0.419 e. The molecule has 0 unspecified atom stereocenters. The maximum atomic E-state index is 14.3. The van der Waals surface area contributed by atoms with E-state index >= 15 is 0 Å². The Kier molecular flexibility index (Phi) is 5.16. The lowest BCUT2D eigenvalue weighted by Gasteiger charge is -2.08. The van der Waals surface area contributed by atoms with Crippen LogP contribution in [-0.2, 0) is 12.2 Å². The molecule has 1 aromatic carbocycles. The standard InChI is InChI=1S/C21H20FN5OS2/c1-3-16-12(2)10-17(30-16)20-25-23-18(28-20)11-29-21-26-24-19(27(21)13-8-9-13)14-6-4-5-7-15(14)22/h4-7,10,13H,3,8-9,11H2,1-2H3. The van der Waals surface area contributed by atoms with Gasteiger partial charge in [0.2, 0.25) is 5.89 Å². The second-order valence-electron chi connectivity index (χ2n) is 7.25. The summed E-state index contributed by atoms with van der Waals surface area (Å²) < 4.78 is 22.2. The summed E-state index contributed by atoms with van der Waals surface area (Å²) in [6, 6.07) is 9.09. The van der Waals surface area contributed by atoms with Crippen molar-refractivity contribution in [1.82, 2.24) is 25.0 Å². The number of nitrogens with zero attached hydrogens (tertiary/aromatic N) is 5. The first kappa shape index (κ1) is 19.4. The van der Waals surface area contributed by atoms with E-state index in [1.54, 1.807) is 23.5 Å². The molecule has 30 heavy (non-hydrogen) atoms. The molecule has 1 aliphatic rings. The Labute approximate surface area is 181 Å². The molecule has 9 heteroatoms. The van der Waals surface area contributed by atoms with Crippen LogP contribution in [0.1, 0.15) is 42.1 Å². The molecule has 0 saturated heterocycles. The normalized spacial score (nSPS) is 13.8. The van der Waals surface area contributed by atoms with Crippen LogP contribution >= 0.6 is 23.1 Å². The molecular formula is C21H20FN5OS2. The molecule has 4 aromatic rings. The van der Waals surface area contributed by atoms with Crippen molar-refractivity contribution in [3.05, 3.63) is 52.5 Å². The van der Waals surface area contributed by atoms with Crippen molar-refractivity contribution in [1.29, 1.82) is 0 Å². The number of thiophene rings is 1. The molecule has 0 atom stereocenters. The van der Waals surface area contributed by atoms with E-state index in [-0.39, 0.29) is 5.82 Å². The molecule has 1 aliphatic carbocycles. The summed E-state index contributed by atoms with van der Waals surface area (Å²) in [4.78, 5) is 2.33. The minimum absolute atomic E-state index is 0.289. The molecule has 0 amide bonds. The summed E-state index contributed by atoms with van der Waals surface area (Å²) in [5.74, 6) is 1.86. The van der Waals surface area contributed by atoms with Crippen LogP contribution in [0.15, 0.2) is 39.9 Å². The second kappa shape index (κ2) is 7.96. The van der Waals surface area contributed by atoms with Crippen molar-refractivity contribution < 1.29 is 8.81 Å². The Morgan fingerprint density at radius 3 is 2.77 bits per heavy atom. The van der Waals surface area contributed by atoms with Gasteiger partial charge in [-0.25, -0.2) is 4.39 Å². The molecule has 1 fully saturated rings. The van der Waals surface area contributed by atoms with E-state index in [2.05, 4.69) is 40.3 Å². The maximum Gasteiger partial charge on any atom is 0.257 e. The molecule has 6 nitrogen and oxygen atoms in total. The second-order valence-corrected chi connectivity index (χ2v) is 9.33. The fourth-order valence-corrected chi connectivity index (χ4v) is 5.26. The Morgan fingerprint density at radius 2 is 2.03 bits per heavy atom. The Balaban J connectivity index is 1.36. The van der Waals surface area contributed by atoms with Crippen LogP contribution in [0.4, 0.5) is 4.39 Å². The number of aromatic nitrogens is 5. The molecule has 1 saturated carbocycles. The van der Waals surface area contributed by atoms with Crippen molar-refractivity contribution in [2.45, 2.75) is 50.1 Å². The highest BCUT2D eigenvalue weighted by atomic mass is 32.2. The van der Waals surface area contributed by atoms with Gasteiger partial charge in [-0.3, -0.25) is 4.57 Å². The van der Waals surface area contributed by atoms with Gasteiger partial charge in [0.05, 0.1) is 16.2 Å². The molecule has 0 radical (unpaired) electrons. The third-order valence-electron chi connectivity index (χ3n) is 5.04. The van der Waals surface area contributed by atoms with Gasteiger partial charge < -0.3 is 4.42 Å². The summed E-state index contributed by atoms with van der Waals surface area (Å²) in [6.07, 6.45) is 3.10. The highest BCUT2D eigenvalue weighted by Crippen LogP contribution is 2.42. The number of halogens is 1. The van der Waals surface area contributed by atoms with Crippen LogP contribution in [0.25, 0.3) is 22.2 Å². The zero-order valence-electron chi connectivity index (χ0n) is 16.6. The fourth-order valence-electron chi connectivity index (χ4n) is 3.38. The smallest absolute Gasteiger partial charge is 0.257 e. The average Bonchev–Trinajstić information content (AvgIpc) is 3.15. The van der Waals surface area contributed by atoms with E-state index in [4.69, 9.17) is 4.42 Å². The lowest BCUT2D eigenvalue weighted by atomic mass is 10.2. The average molecular weight is 442 g/mol. The first-order valence-electron chi connectivity index (χ1n) is 9.88. The third kappa shape index (κ3) is 3.67. The summed E-state index contributed by atoms with van der Waals surface area (Å²) in [5, 5.41) is 17.8. The van der Waals surface area contributed by atoms with Crippen molar-refractivity contribution in [3.8, 4) is 22.2 Å². The molecular weight excluding hydrogens is 421 g/mol. The molecule has 5 rings (SSSR count). The number of hydrogen-bond acceptors (Lipinski definition) is 7. The quantitative estimate of drug-likeness (QED) is 0.343. The zero-order valence-corrected chi connectivity index (χ0v) is 18.3. The predicted octanol–water partition coefficient (Wildman–Crippen LogP) is 5.69. The maximum absolute atomic E-state index is 14.3. The summed E-state index contributed by atoms with van der Waals surface area (Å²) in [7, 11) is 0. The van der Waals surface area contributed by atoms with Crippen molar-refractivity contribution in [2.75, 3.05) is 0 Å². The summed E-state index contributed by atoms with van der Waals surface area (Å²) in [6.45, 7) is 4.24. The monoisotopic (exact) mass is 441 g/mol. The summed E-state index contributed by atoms with van der Waals surface area (Å²) in [5.41, 5.74) is 1.73. The highest BCUT2D eigenvalue weighted by molar-refractivity contribution is 7.98. The predicted molar refractivity (Wildman–Crippen MR) is 115 cm³/mol. The van der Waals surface area contributed by atoms with Gasteiger partial charge in [0.1, 0.15) is 5.82 Å². The molecule has 0 bridgehead atoms. The van der Waals surface area contributed by atoms with Crippen LogP contribution in [0, 0.1) is 12.7 Å². The van der Waals surface area contributed by atoms with E-state index in [9.17, 15) is 4.39 Å². The molecule has 154 valence electrons. The molecule has 3 aromatic heterocycles. The highest BCUT2D eigenvalue weighted by Gasteiger charge is 2.31. The molecule has 3 heterocycles. The lowest BCUT2D eigenvalue weighted by Crippen LogP contribution is -2.01. The van der Waals surface area contributed by atoms with Gasteiger partial charge in [0, 0.05) is 10.9 Å². The van der Waals surface area contributed by atoms with Gasteiger partial charge in [-0.05, 0) is 49.9 Å². The van der Waals surface area contributed by atoms with Gasteiger partial charge in [-0.1, -0.05) is 30.8 Å². The van der Waals surface area contributed by atoms with E-state index in [1.165, 1.54) is 28.3 Å². The van der Waals surface area contributed by atoms with Gasteiger partial charge >= 0.3 is 0 Å². The van der Waals surface area contributed by atoms with Crippen molar-refractivity contribution in [2.24, 2.45) is 0 Å². The minimum atomic E-state index is -0.289. The largest absolute Gasteiger partial charge is 0.419 e. The van der Waals surface area contributed by atoms with Crippen molar-refractivity contribution in [3.63, 3.8) is 0 Å². The third-order valence-corrected chi connectivity index (χ3v) is 7.33.